The Hall–Kier alpha value is -1.76. The summed E-state index contributed by atoms with van der Waals surface area (Å²) in [5.41, 5.74) is 13.1. The van der Waals surface area contributed by atoms with Crippen LogP contribution in [0.4, 0.5) is 5.69 Å². The van der Waals surface area contributed by atoms with Gasteiger partial charge in [-0.05, 0) is 37.5 Å². The van der Waals surface area contributed by atoms with Crippen molar-refractivity contribution in [1.29, 1.82) is 0 Å². The summed E-state index contributed by atoms with van der Waals surface area (Å²) in [4.78, 5) is 0. The topological polar surface area (TPSA) is 26.0 Å². The maximum absolute atomic E-state index is 6.17. The second-order valence-corrected chi connectivity index (χ2v) is 4.34. The Kier molecular flexibility index (Phi) is 2.69. The van der Waals surface area contributed by atoms with Crippen molar-refractivity contribution in [2.45, 2.75) is 20.8 Å². The van der Waals surface area contributed by atoms with E-state index in [-0.39, 0.29) is 0 Å². The molecule has 0 saturated carbocycles. The van der Waals surface area contributed by atoms with Crippen molar-refractivity contribution < 1.29 is 0 Å². The minimum absolute atomic E-state index is 0.894. The van der Waals surface area contributed by atoms with Crippen LogP contribution in [0.5, 0.6) is 0 Å². The summed E-state index contributed by atoms with van der Waals surface area (Å²) in [6, 6.07) is 12.7. The third-order valence-electron chi connectivity index (χ3n) is 3.11. The predicted molar refractivity (Wildman–Crippen MR) is 70.5 cm³/mol. The maximum Gasteiger partial charge on any atom is 0.0426 e. The van der Waals surface area contributed by atoms with Gasteiger partial charge in [-0.2, -0.15) is 0 Å². The molecule has 0 atom stereocenters. The first-order valence-electron chi connectivity index (χ1n) is 5.52. The first kappa shape index (κ1) is 10.7. The lowest BCUT2D eigenvalue weighted by Crippen LogP contribution is -1.96. The largest absolute Gasteiger partial charge is 0.398 e. The van der Waals surface area contributed by atoms with Crippen LogP contribution in [0.25, 0.3) is 11.1 Å². The Balaban J connectivity index is 2.61. The van der Waals surface area contributed by atoms with Crippen LogP contribution in [-0.2, 0) is 0 Å². The van der Waals surface area contributed by atoms with Crippen LogP contribution in [0.2, 0.25) is 0 Å². The van der Waals surface area contributed by atoms with Gasteiger partial charge in [0.05, 0.1) is 0 Å². The zero-order valence-electron chi connectivity index (χ0n) is 10.0. The first-order valence-corrected chi connectivity index (χ1v) is 5.52. The Morgan fingerprint density at radius 2 is 1.69 bits per heavy atom. The molecule has 0 bridgehead atoms. The molecule has 0 saturated heterocycles. The maximum atomic E-state index is 6.17. The molecular weight excluding hydrogens is 194 g/mol. The number of aryl methyl sites for hydroxylation is 2. The molecule has 2 aromatic rings. The summed E-state index contributed by atoms with van der Waals surface area (Å²) in [5.74, 6) is 0. The highest BCUT2D eigenvalue weighted by molar-refractivity contribution is 5.79. The fraction of sp³-hybridized carbons (Fsp3) is 0.200. The number of hydrogen-bond acceptors (Lipinski definition) is 1. The van der Waals surface area contributed by atoms with Crippen molar-refractivity contribution in [2.75, 3.05) is 5.73 Å². The lowest BCUT2D eigenvalue weighted by Gasteiger charge is -2.11. The normalized spacial score (nSPS) is 10.4. The van der Waals surface area contributed by atoms with Crippen molar-refractivity contribution in [2.24, 2.45) is 0 Å². The van der Waals surface area contributed by atoms with Gasteiger partial charge in [-0.25, -0.2) is 0 Å². The van der Waals surface area contributed by atoms with Crippen LogP contribution in [0, 0.1) is 20.8 Å². The fourth-order valence-electron chi connectivity index (χ4n) is 1.90. The average Bonchev–Trinajstić information content (AvgIpc) is 2.26. The van der Waals surface area contributed by atoms with Crippen molar-refractivity contribution >= 4 is 5.69 Å². The Morgan fingerprint density at radius 1 is 0.938 bits per heavy atom. The van der Waals surface area contributed by atoms with Crippen molar-refractivity contribution in [3.8, 4) is 11.1 Å². The zero-order chi connectivity index (χ0) is 11.7. The molecule has 0 fully saturated rings. The summed E-state index contributed by atoms with van der Waals surface area (Å²) in [7, 11) is 0. The van der Waals surface area contributed by atoms with Crippen LogP contribution in [0.3, 0.4) is 0 Å². The molecule has 0 radical (unpaired) electrons. The van der Waals surface area contributed by atoms with E-state index in [2.05, 4.69) is 57.2 Å². The van der Waals surface area contributed by atoms with Crippen molar-refractivity contribution in [1.82, 2.24) is 0 Å². The molecule has 0 heterocycles. The molecule has 0 unspecified atom stereocenters. The van der Waals surface area contributed by atoms with Crippen LogP contribution in [-0.4, -0.2) is 0 Å². The van der Waals surface area contributed by atoms with Gasteiger partial charge in [0.25, 0.3) is 0 Å². The molecule has 1 heteroatoms. The third-order valence-corrected chi connectivity index (χ3v) is 3.11. The molecule has 2 N–H and O–H groups in total. The molecule has 16 heavy (non-hydrogen) atoms. The van der Waals surface area contributed by atoms with E-state index in [0.29, 0.717) is 0 Å². The second kappa shape index (κ2) is 4.01. The van der Waals surface area contributed by atoms with E-state index in [1.807, 2.05) is 0 Å². The van der Waals surface area contributed by atoms with Gasteiger partial charge in [0.1, 0.15) is 0 Å². The Bertz CT molecular complexity index is 527. The zero-order valence-corrected chi connectivity index (χ0v) is 10.0. The first-order chi connectivity index (χ1) is 7.59. The number of anilines is 1. The minimum Gasteiger partial charge on any atom is -0.398 e. The summed E-state index contributed by atoms with van der Waals surface area (Å²) >= 11 is 0. The number of nitrogens with two attached hydrogens (primary N) is 1. The van der Waals surface area contributed by atoms with Crippen LogP contribution in [0.1, 0.15) is 16.7 Å². The van der Waals surface area contributed by atoms with E-state index < -0.39 is 0 Å². The molecule has 0 aliphatic heterocycles. The van der Waals surface area contributed by atoms with Crippen LogP contribution >= 0.6 is 0 Å². The molecular formula is C15H17N. The van der Waals surface area contributed by atoms with Gasteiger partial charge < -0.3 is 5.73 Å². The van der Waals surface area contributed by atoms with E-state index in [1.165, 1.54) is 22.3 Å². The Labute approximate surface area is 96.9 Å². The van der Waals surface area contributed by atoms with E-state index in [4.69, 9.17) is 5.73 Å². The van der Waals surface area contributed by atoms with E-state index in [1.54, 1.807) is 0 Å². The predicted octanol–water partition coefficient (Wildman–Crippen LogP) is 3.86. The molecule has 2 aromatic carbocycles. The van der Waals surface area contributed by atoms with Gasteiger partial charge in [-0.3, -0.25) is 0 Å². The molecule has 0 aliphatic rings. The van der Waals surface area contributed by atoms with Crippen LogP contribution < -0.4 is 5.73 Å². The van der Waals surface area contributed by atoms with Gasteiger partial charge in [0.15, 0.2) is 0 Å². The third kappa shape index (κ3) is 1.81. The fourth-order valence-corrected chi connectivity index (χ4v) is 1.90. The standard InChI is InChI=1S/C15H17N/c1-10-5-4-6-13(9-10)14-8-7-11(2)12(3)15(14)16/h4-9H,16H2,1-3H3. The molecule has 0 amide bonds. The highest BCUT2D eigenvalue weighted by Gasteiger charge is 2.06. The quantitative estimate of drug-likeness (QED) is 0.712. The number of rotatable bonds is 1. The smallest absolute Gasteiger partial charge is 0.0426 e. The molecule has 0 aromatic heterocycles. The SMILES string of the molecule is Cc1cccc(-c2ccc(C)c(C)c2N)c1. The second-order valence-electron chi connectivity index (χ2n) is 4.34. The molecule has 1 nitrogen and oxygen atoms in total. The molecule has 0 spiro atoms. The Morgan fingerprint density at radius 3 is 2.38 bits per heavy atom. The summed E-state index contributed by atoms with van der Waals surface area (Å²) in [6.45, 7) is 6.26. The van der Waals surface area contributed by atoms with Gasteiger partial charge in [-0.15, -0.1) is 0 Å². The lowest BCUT2D eigenvalue weighted by atomic mass is 9.97. The number of benzene rings is 2. The highest BCUT2D eigenvalue weighted by atomic mass is 14.6. The number of hydrogen-bond donors (Lipinski definition) is 1. The van der Waals surface area contributed by atoms with Gasteiger partial charge in [0.2, 0.25) is 0 Å². The van der Waals surface area contributed by atoms with E-state index in [0.717, 1.165) is 11.3 Å². The average molecular weight is 211 g/mol. The molecule has 2 rings (SSSR count). The van der Waals surface area contributed by atoms with Gasteiger partial charge in [-0.1, -0.05) is 42.0 Å². The van der Waals surface area contributed by atoms with E-state index >= 15 is 0 Å². The van der Waals surface area contributed by atoms with Gasteiger partial charge in [0, 0.05) is 11.3 Å². The van der Waals surface area contributed by atoms with Crippen molar-refractivity contribution in [3.63, 3.8) is 0 Å². The lowest BCUT2D eigenvalue weighted by molar-refractivity contribution is 1.34. The van der Waals surface area contributed by atoms with E-state index in [9.17, 15) is 0 Å². The highest BCUT2D eigenvalue weighted by Crippen LogP contribution is 2.30. The van der Waals surface area contributed by atoms with Crippen molar-refractivity contribution in [3.05, 3.63) is 53.1 Å². The number of nitrogen functional groups attached to an aromatic ring is 1. The van der Waals surface area contributed by atoms with Gasteiger partial charge >= 0.3 is 0 Å². The molecule has 0 aliphatic carbocycles. The summed E-state index contributed by atoms with van der Waals surface area (Å²) in [6.07, 6.45) is 0. The molecule has 82 valence electrons. The minimum atomic E-state index is 0.894. The van der Waals surface area contributed by atoms with Crippen LogP contribution in [0.15, 0.2) is 36.4 Å². The summed E-state index contributed by atoms with van der Waals surface area (Å²) in [5, 5.41) is 0. The summed E-state index contributed by atoms with van der Waals surface area (Å²) < 4.78 is 0. The monoisotopic (exact) mass is 211 g/mol.